The fourth-order valence-electron chi connectivity index (χ4n) is 3.45. The molecule has 28 heavy (non-hydrogen) atoms. The lowest BCUT2D eigenvalue weighted by Crippen LogP contribution is -2.16. The molecule has 1 aliphatic carbocycles. The number of aromatic nitrogens is 2. The van der Waals surface area contributed by atoms with Gasteiger partial charge < -0.3 is 10.1 Å². The first-order valence-corrected chi connectivity index (χ1v) is 9.42. The number of allylic oxidation sites excluding steroid dienone is 3. The lowest BCUT2D eigenvalue weighted by molar-refractivity contribution is 0.184. The van der Waals surface area contributed by atoms with Crippen molar-refractivity contribution in [3.05, 3.63) is 87.9 Å². The van der Waals surface area contributed by atoms with Gasteiger partial charge in [0.25, 0.3) is 0 Å². The fourth-order valence-corrected chi connectivity index (χ4v) is 3.45. The van der Waals surface area contributed by atoms with Crippen LogP contribution < -0.4 is 10.7 Å². The maximum Gasteiger partial charge on any atom is 0.193 e. The molecule has 2 aromatic heterocycles. The molecule has 3 aromatic rings. The van der Waals surface area contributed by atoms with E-state index in [1.807, 2.05) is 54.0 Å². The van der Waals surface area contributed by atoms with Gasteiger partial charge in [0.05, 0.1) is 12.0 Å². The SMILES string of the molecule is COCc1cc2c(=O)cc(NC3=CCCC=C3)n(-c3ccccc3)c2nc1C. The third-order valence-corrected chi connectivity index (χ3v) is 4.87. The van der Waals surface area contributed by atoms with E-state index >= 15 is 0 Å². The van der Waals surface area contributed by atoms with Gasteiger partial charge in [-0.2, -0.15) is 0 Å². The molecule has 5 nitrogen and oxygen atoms in total. The first kappa shape index (κ1) is 18.2. The summed E-state index contributed by atoms with van der Waals surface area (Å²) in [5, 5.41) is 4.00. The zero-order valence-corrected chi connectivity index (χ0v) is 16.1. The number of methoxy groups -OCH3 is 1. The number of benzene rings is 1. The molecule has 2 heterocycles. The highest BCUT2D eigenvalue weighted by atomic mass is 16.5. The summed E-state index contributed by atoms with van der Waals surface area (Å²) in [5.41, 5.74) is 4.29. The van der Waals surface area contributed by atoms with Crippen molar-refractivity contribution in [2.75, 3.05) is 12.4 Å². The number of hydrogen-bond donors (Lipinski definition) is 1. The van der Waals surface area contributed by atoms with Gasteiger partial charge in [-0.25, -0.2) is 4.98 Å². The first-order chi connectivity index (χ1) is 13.7. The minimum atomic E-state index is -0.0603. The van der Waals surface area contributed by atoms with Crippen molar-refractivity contribution in [1.82, 2.24) is 9.55 Å². The molecule has 4 rings (SSSR count). The monoisotopic (exact) mass is 373 g/mol. The van der Waals surface area contributed by atoms with Gasteiger partial charge in [0, 0.05) is 30.3 Å². The van der Waals surface area contributed by atoms with E-state index in [1.165, 1.54) is 0 Å². The van der Waals surface area contributed by atoms with E-state index in [0.717, 1.165) is 35.5 Å². The summed E-state index contributed by atoms with van der Waals surface area (Å²) >= 11 is 0. The molecular formula is C23H23N3O2. The van der Waals surface area contributed by atoms with Crippen LogP contribution in [0.5, 0.6) is 0 Å². The summed E-state index contributed by atoms with van der Waals surface area (Å²) in [5.74, 6) is 0.702. The summed E-state index contributed by atoms with van der Waals surface area (Å²) < 4.78 is 7.26. The third-order valence-electron chi connectivity index (χ3n) is 4.87. The topological polar surface area (TPSA) is 56.1 Å². The van der Waals surface area contributed by atoms with Crippen molar-refractivity contribution in [2.24, 2.45) is 0 Å². The molecule has 0 amide bonds. The number of fused-ring (bicyclic) bond motifs is 1. The molecule has 0 radical (unpaired) electrons. The summed E-state index contributed by atoms with van der Waals surface area (Å²) in [6, 6.07) is 13.5. The summed E-state index contributed by atoms with van der Waals surface area (Å²) in [7, 11) is 1.64. The highest BCUT2D eigenvalue weighted by molar-refractivity contribution is 5.81. The van der Waals surface area contributed by atoms with E-state index in [-0.39, 0.29) is 5.43 Å². The van der Waals surface area contributed by atoms with Gasteiger partial charge in [-0.05, 0) is 49.6 Å². The van der Waals surface area contributed by atoms with Crippen LogP contribution in [0.2, 0.25) is 0 Å². The Bertz CT molecular complexity index is 1130. The lowest BCUT2D eigenvalue weighted by Gasteiger charge is -2.19. The van der Waals surface area contributed by atoms with Gasteiger partial charge in [-0.3, -0.25) is 9.36 Å². The van der Waals surface area contributed by atoms with Crippen LogP contribution in [0.3, 0.4) is 0 Å². The van der Waals surface area contributed by atoms with Crippen LogP contribution in [0.25, 0.3) is 16.7 Å². The number of pyridine rings is 2. The average Bonchev–Trinajstić information content (AvgIpc) is 2.71. The second-order valence-electron chi connectivity index (χ2n) is 6.87. The number of nitrogens with one attached hydrogen (secondary N) is 1. The Balaban J connectivity index is 1.98. The highest BCUT2D eigenvalue weighted by Crippen LogP contribution is 2.25. The predicted octanol–water partition coefficient (Wildman–Crippen LogP) is 4.49. The molecule has 0 bridgehead atoms. The largest absolute Gasteiger partial charge is 0.380 e. The minimum Gasteiger partial charge on any atom is -0.380 e. The van der Waals surface area contributed by atoms with E-state index in [9.17, 15) is 4.79 Å². The van der Waals surface area contributed by atoms with Gasteiger partial charge in [0.2, 0.25) is 0 Å². The lowest BCUT2D eigenvalue weighted by atomic mass is 10.1. The fraction of sp³-hybridized carbons (Fsp3) is 0.217. The smallest absolute Gasteiger partial charge is 0.193 e. The van der Waals surface area contributed by atoms with Gasteiger partial charge in [0.15, 0.2) is 5.43 Å². The number of ether oxygens (including phenoxy) is 1. The van der Waals surface area contributed by atoms with E-state index < -0.39 is 0 Å². The van der Waals surface area contributed by atoms with Crippen molar-refractivity contribution in [1.29, 1.82) is 0 Å². The van der Waals surface area contributed by atoms with Crippen LogP contribution in [-0.4, -0.2) is 16.7 Å². The van der Waals surface area contributed by atoms with Crippen molar-refractivity contribution in [3.63, 3.8) is 0 Å². The number of nitrogens with zero attached hydrogens (tertiary/aromatic N) is 2. The number of rotatable bonds is 5. The van der Waals surface area contributed by atoms with Crippen molar-refractivity contribution < 1.29 is 4.74 Å². The van der Waals surface area contributed by atoms with Crippen LogP contribution >= 0.6 is 0 Å². The standard InChI is InChI=1S/C23H23N3O2/c1-16-17(15-28-2)13-20-21(27)14-22(25-18-9-5-3-6-10-18)26(23(20)24-16)19-11-7-4-8-12-19/h4-5,7-14,25H,3,6,15H2,1-2H3. The maximum absolute atomic E-state index is 12.9. The number of para-hydroxylation sites is 1. The predicted molar refractivity (Wildman–Crippen MR) is 113 cm³/mol. The molecule has 0 spiro atoms. The number of hydrogen-bond acceptors (Lipinski definition) is 4. The van der Waals surface area contributed by atoms with Gasteiger partial charge >= 0.3 is 0 Å². The Morgan fingerprint density at radius 1 is 1.18 bits per heavy atom. The number of anilines is 1. The molecular weight excluding hydrogens is 350 g/mol. The molecule has 0 unspecified atom stereocenters. The van der Waals surface area contributed by atoms with E-state index in [1.54, 1.807) is 13.2 Å². The quantitative estimate of drug-likeness (QED) is 0.716. The highest BCUT2D eigenvalue weighted by Gasteiger charge is 2.15. The molecule has 0 saturated carbocycles. The molecule has 0 fully saturated rings. The van der Waals surface area contributed by atoms with E-state index in [4.69, 9.17) is 9.72 Å². The molecule has 5 heteroatoms. The molecule has 0 saturated heterocycles. The van der Waals surface area contributed by atoms with Gasteiger partial charge in [-0.1, -0.05) is 30.4 Å². The first-order valence-electron chi connectivity index (χ1n) is 9.42. The van der Waals surface area contributed by atoms with Crippen LogP contribution in [0.4, 0.5) is 5.82 Å². The van der Waals surface area contributed by atoms with Gasteiger partial charge in [-0.15, -0.1) is 0 Å². The zero-order valence-electron chi connectivity index (χ0n) is 16.1. The normalized spacial score (nSPS) is 13.6. The average molecular weight is 373 g/mol. The van der Waals surface area contributed by atoms with Crippen molar-refractivity contribution in [2.45, 2.75) is 26.4 Å². The summed E-state index contributed by atoms with van der Waals surface area (Å²) in [6.07, 6.45) is 8.35. The Kier molecular flexibility index (Phi) is 5.08. The molecule has 1 aliphatic rings. The molecule has 0 aliphatic heterocycles. The van der Waals surface area contributed by atoms with Crippen molar-refractivity contribution in [3.8, 4) is 5.69 Å². The van der Waals surface area contributed by atoms with Crippen molar-refractivity contribution >= 4 is 16.9 Å². The maximum atomic E-state index is 12.9. The second kappa shape index (κ2) is 7.82. The van der Waals surface area contributed by atoms with Crippen LogP contribution in [0.1, 0.15) is 24.1 Å². The number of aryl methyl sites for hydroxylation is 1. The Labute approximate surface area is 164 Å². The van der Waals surface area contributed by atoms with E-state index in [0.29, 0.717) is 23.5 Å². The minimum absolute atomic E-state index is 0.0603. The Hall–Kier alpha value is -3.18. The Morgan fingerprint density at radius 2 is 2.00 bits per heavy atom. The van der Waals surface area contributed by atoms with E-state index in [2.05, 4.69) is 17.5 Å². The second-order valence-corrected chi connectivity index (χ2v) is 6.87. The van der Waals surface area contributed by atoms with Crippen LogP contribution in [-0.2, 0) is 11.3 Å². The van der Waals surface area contributed by atoms with Crippen LogP contribution in [0.15, 0.2) is 71.2 Å². The molecule has 142 valence electrons. The summed E-state index contributed by atoms with van der Waals surface area (Å²) in [6.45, 7) is 2.37. The summed E-state index contributed by atoms with van der Waals surface area (Å²) in [4.78, 5) is 17.7. The molecule has 1 N–H and O–H groups in total. The van der Waals surface area contributed by atoms with Gasteiger partial charge in [0.1, 0.15) is 11.5 Å². The Morgan fingerprint density at radius 3 is 2.71 bits per heavy atom. The van der Waals surface area contributed by atoms with Crippen LogP contribution in [0, 0.1) is 6.92 Å². The third kappa shape index (κ3) is 3.49. The molecule has 1 aromatic carbocycles. The zero-order chi connectivity index (χ0) is 19.5. The molecule has 0 atom stereocenters.